The molecule has 1 atom stereocenters. The average molecular weight is 272 g/mol. The number of fused-ring (bicyclic) bond motifs is 1. The number of thioether (sulfide) groups is 1. The molecule has 0 saturated heterocycles. The Morgan fingerprint density at radius 1 is 1.53 bits per heavy atom. The van der Waals surface area contributed by atoms with Crippen molar-refractivity contribution in [3.05, 3.63) is 28.8 Å². The second-order valence-electron chi connectivity index (χ2n) is 4.16. The summed E-state index contributed by atoms with van der Waals surface area (Å²) in [6, 6.07) is 5.29. The number of para-hydroxylation sites is 1. The molecule has 0 amide bonds. The van der Waals surface area contributed by atoms with Crippen LogP contribution in [0.3, 0.4) is 0 Å². The zero-order chi connectivity index (χ0) is 12.4. The van der Waals surface area contributed by atoms with E-state index in [9.17, 15) is 4.79 Å². The van der Waals surface area contributed by atoms with Gasteiger partial charge in [-0.25, -0.2) is 0 Å². The summed E-state index contributed by atoms with van der Waals surface area (Å²) < 4.78 is 5.58. The molecule has 0 bridgehead atoms. The topological polar surface area (TPSA) is 29.5 Å². The molecule has 0 fully saturated rings. The van der Waals surface area contributed by atoms with Gasteiger partial charge in [0, 0.05) is 5.88 Å². The number of halogens is 1. The van der Waals surface area contributed by atoms with Crippen LogP contribution in [0, 0.1) is 0 Å². The van der Waals surface area contributed by atoms with Gasteiger partial charge in [0.2, 0.25) is 0 Å². The zero-order valence-corrected chi connectivity index (χ0v) is 11.3. The fourth-order valence-corrected chi connectivity index (χ4v) is 2.77. The first kappa shape index (κ1) is 12.7. The summed E-state index contributed by atoms with van der Waals surface area (Å²) in [6.45, 7) is 0.397. The second-order valence-corrected chi connectivity index (χ2v) is 5.72. The van der Waals surface area contributed by atoms with Crippen LogP contribution in [0.25, 0.3) is 0 Å². The van der Waals surface area contributed by atoms with Gasteiger partial charge in [-0.05, 0) is 26.2 Å². The summed E-state index contributed by atoms with van der Waals surface area (Å²) in [4.78, 5) is 14.2. The van der Waals surface area contributed by atoms with Crippen molar-refractivity contribution >= 4 is 29.1 Å². The third kappa shape index (κ3) is 2.76. The van der Waals surface area contributed by atoms with Crippen LogP contribution in [-0.2, 0) is 0 Å². The zero-order valence-electron chi connectivity index (χ0n) is 9.77. The van der Waals surface area contributed by atoms with Crippen molar-refractivity contribution < 1.29 is 9.53 Å². The number of hydrogen-bond acceptors (Lipinski definition) is 4. The molecule has 0 N–H and O–H groups in total. The van der Waals surface area contributed by atoms with Crippen LogP contribution in [-0.4, -0.2) is 42.5 Å². The molecule has 0 spiro atoms. The standard InChI is InChI=1S/C12H14ClNO2S/c1-14(2)7-17-10-6-16-12-8(11(10)15)4-3-5-9(12)13/h3-5,10H,6-7H2,1-2H3. The third-order valence-electron chi connectivity index (χ3n) is 2.44. The van der Waals surface area contributed by atoms with Crippen LogP contribution >= 0.6 is 23.4 Å². The number of carbonyl (C=O) groups is 1. The minimum absolute atomic E-state index is 0.112. The normalized spacial score (nSPS) is 19.1. The highest BCUT2D eigenvalue weighted by molar-refractivity contribution is 8.00. The van der Waals surface area contributed by atoms with E-state index in [0.717, 1.165) is 5.88 Å². The molecule has 1 aliphatic heterocycles. The summed E-state index contributed by atoms with van der Waals surface area (Å²) >= 11 is 7.58. The fraction of sp³-hybridized carbons (Fsp3) is 0.417. The molecule has 0 aliphatic carbocycles. The van der Waals surface area contributed by atoms with E-state index in [0.29, 0.717) is 22.9 Å². The number of hydrogen-bond donors (Lipinski definition) is 0. The predicted molar refractivity (Wildman–Crippen MR) is 71.2 cm³/mol. The maximum absolute atomic E-state index is 12.2. The van der Waals surface area contributed by atoms with Crippen LogP contribution in [0.15, 0.2) is 18.2 Å². The maximum Gasteiger partial charge on any atom is 0.183 e. The van der Waals surface area contributed by atoms with E-state index < -0.39 is 0 Å². The van der Waals surface area contributed by atoms with Crippen molar-refractivity contribution in [2.75, 3.05) is 26.6 Å². The fourth-order valence-electron chi connectivity index (χ4n) is 1.62. The van der Waals surface area contributed by atoms with Crippen molar-refractivity contribution in [3.8, 4) is 5.75 Å². The predicted octanol–water partition coefficient (Wildman–Crippen LogP) is 2.54. The lowest BCUT2D eigenvalue weighted by Crippen LogP contribution is -2.32. The first-order valence-electron chi connectivity index (χ1n) is 5.31. The third-order valence-corrected chi connectivity index (χ3v) is 4.15. The SMILES string of the molecule is CN(C)CSC1COc2c(Cl)cccc2C1=O. The second kappa shape index (κ2) is 5.29. The lowest BCUT2D eigenvalue weighted by Gasteiger charge is -2.25. The van der Waals surface area contributed by atoms with E-state index in [4.69, 9.17) is 16.3 Å². The smallest absolute Gasteiger partial charge is 0.183 e. The van der Waals surface area contributed by atoms with E-state index in [1.807, 2.05) is 19.0 Å². The van der Waals surface area contributed by atoms with Gasteiger partial charge in [-0.1, -0.05) is 17.7 Å². The number of ether oxygens (including phenoxy) is 1. The Balaban J connectivity index is 2.16. The molecule has 1 heterocycles. The van der Waals surface area contributed by atoms with Crippen LogP contribution in [0.4, 0.5) is 0 Å². The van der Waals surface area contributed by atoms with Gasteiger partial charge in [0.25, 0.3) is 0 Å². The van der Waals surface area contributed by atoms with E-state index in [1.54, 1.807) is 30.0 Å². The largest absolute Gasteiger partial charge is 0.490 e. The molecule has 2 rings (SSSR count). The van der Waals surface area contributed by atoms with Crippen LogP contribution in [0.2, 0.25) is 5.02 Å². The van der Waals surface area contributed by atoms with Crippen LogP contribution in [0.5, 0.6) is 5.75 Å². The number of ketones is 1. The number of carbonyl (C=O) groups excluding carboxylic acids is 1. The van der Waals surface area contributed by atoms with E-state index in [2.05, 4.69) is 0 Å². The van der Waals surface area contributed by atoms with Gasteiger partial charge in [-0.15, -0.1) is 11.8 Å². The number of rotatable bonds is 3. The Bertz CT molecular complexity index is 437. The number of nitrogens with zero attached hydrogens (tertiary/aromatic N) is 1. The Morgan fingerprint density at radius 3 is 3.00 bits per heavy atom. The van der Waals surface area contributed by atoms with E-state index in [-0.39, 0.29) is 11.0 Å². The highest BCUT2D eigenvalue weighted by Crippen LogP contribution is 2.35. The van der Waals surface area contributed by atoms with E-state index in [1.165, 1.54) is 0 Å². The molecular formula is C12H14ClNO2S. The van der Waals surface area contributed by atoms with Gasteiger partial charge in [0.1, 0.15) is 17.6 Å². The minimum atomic E-state index is -0.136. The monoisotopic (exact) mass is 271 g/mol. The van der Waals surface area contributed by atoms with Crippen molar-refractivity contribution in [2.24, 2.45) is 0 Å². The average Bonchev–Trinajstić information content (AvgIpc) is 2.29. The summed E-state index contributed by atoms with van der Waals surface area (Å²) in [5.41, 5.74) is 0.597. The quantitative estimate of drug-likeness (QED) is 0.790. The number of Topliss-reactive ketones (excluding diaryl/α,β-unsaturated/α-hetero) is 1. The Kier molecular flexibility index (Phi) is 3.97. The molecule has 0 radical (unpaired) electrons. The first-order valence-corrected chi connectivity index (χ1v) is 6.74. The van der Waals surface area contributed by atoms with Gasteiger partial charge < -0.3 is 9.64 Å². The van der Waals surface area contributed by atoms with Crippen molar-refractivity contribution in [1.29, 1.82) is 0 Å². The van der Waals surface area contributed by atoms with Gasteiger partial charge in [-0.2, -0.15) is 0 Å². The van der Waals surface area contributed by atoms with Crippen molar-refractivity contribution in [1.82, 2.24) is 4.90 Å². The molecule has 1 aromatic rings. The molecule has 1 unspecified atom stereocenters. The molecule has 92 valence electrons. The van der Waals surface area contributed by atoms with Crippen LogP contribution in [0.1, 0.15) is 10.4 Å². The van der Waals surface area contributed by atoms with Crippen molar-refractivity contribution in [2.45, 2.75) is 5.25 Å². The van der Waals surface area contributed by atoms with Gasteiger partial charge in [0.15, 0.2) is 5.78 Å². The molecular weight excluding hydrogens is 258 g/mol. The minimum Gasteiger partial charge on any atom is -0.490 e. The molecule has 17 heavy (non-hydrogen) atoms. The first-order chi connectivity index (χ1) is 8.09. The Labute approximate surface area is 110 Å². The molecule has 1 aromatic carbocycles. The molecule has 0 aromatic heterocycles. The Hall–Kier alpha value is -0.710. The summed E-state index contributed by atoms with van der Waals surface area (Å²) in [5, 5.41) is 0.371. The highest BCUT2D eigenvalue weighted by Gasteiger charge is 2.30. The lowest BCUT2D eigenvalue weighted by molar-refractivity contribution is 0.0943. The lowest BCUT2D eigenvalue weighted by atomic mass is 10.1. The molecule has 1 aliphatic rings. The number of benzene rings is 1. The molecule has 0 saturated carbocycles. The van der Waals surface area contributed by atoms with E-state index >= 15 is 0 Å². The molecule has 3 nitrogen and oxygen atoms in total. The van der Waals surface area contributed by atoms with Crippen LogP contribution < -0.4 is 4.74 Å². The summed E-state index contributed by atoms with van der Waals surface area (Å²) in [7, 11) is 3.96. The summed E-state index contributed by atoms with van der Waals surface area (Å²) in [5.74, 6) is 1.44. The van der Waals surface area contributed by atoms with Gasteiger partial charge in [0.05, 0.1) is 10.6 Å². The van der Waals surface area contributed by atoms with Crippen molar-refractivity contribution in [3.63, 3.8) is 0 Å². The summed E-state index contributed by atoms with van der Waals surface area (Å²) in [6.07, 6.45) is 0. The highest BCUT2D eigenvalue weighted by atomic mass is 35.5. The van der Waals surface area contributed by atoms with Gasteiger partial charge >= 0.3 is 0 Å². The Morgan fingerprint density at radius 2 is 2.29 bits per heavy atom. The molecule has 5 heteroatoms. The van der Waals surface area contributed by atoms with Gasteiger partial charge in [-0.3, -0.25) is 4.79 Å². The maximum atomic E-state index is 12.2.